The minimum absolute atomic E-state index is 0.301. The molecule has 0 radical (unpaired) electrons. The van der Waals surface area contributed by atoms with Gasteiger partial charge >= 0.3 is 11.9 Å². The molecule has 0 bridgehead atoms. The molecule has 0 atom stereocenters. The standard InChI is InChI=1S/C11H11BrClNO4/c1-16-11(15)10(14-17-2)18-9-5-7(6-12)3-4-8(9)13/h3-5H,6H2,1-2H3. The first kappa shape index (κ1) is 14.8. The Labute approximate surface area is 118 Å². The summed E-state index contributed by atoms with van der Waals surface area (Å²) in [6, 6.07) is 5.18. The Bertz CT molecular complexity index is 464. The zero-order valence-corrected chi connectivity index (χ0v) is 12.1. The van der Waals surface area contributed by atoms with Gasteiger partial charge < -0.3 is 14.3 Å². The molecule has 7 heteroatoms. The Kier molecular flexibility index (Phi) is 5.94. The van der Waals surface area contributed by atoms with Gasteiger partial charge in [0.15, 0.2) is 0 Å². The van der Waals surface area contributed by atoms with Crippen LogP contribution in [0.3, 0.4) is 0 Å². The van der Waals surface area contributed by atoms with Gasteiger partial charge in [0.05, 0.1) is 12.1 Å². The Morgan fingerprint density at radius 2 is 2.17 bits per heavy atom. The number of hydrogen-bond acceptors (Lipinski definition) is 5. The van der Waals surface area contributed by atoms with Crippen LogP contribution in [0.25, 0.3) is 0 Å². The van der Waals surface area contributed by atoms with Crippen molar-refractivity contribution in [1.82, 2.24) is 0 Å². The molecule has 0 aliphatic carbocycles. The first-order valence-electron chi connectivity index (χ1n) is 4.84. The van der Waals surface area contributed by atoms with E-state index in [1.165, 1.54) is 14.2 Å². The van der Waals surface area contributed by atoms with Crippen molar-refractivity contribution in [2.75, 3.05) is 14.2 Å². The lowest BCUT2D eigenvalue weighted by atomic mass is 10.2. The number of hydrogen-bond donors (Lipinski definition) is 0. The lowest BCUT2D eigenvalue weighted by Crippen LogP contribution is -2.22. The summed E-state index contributed by atoms with van der Waals surface area (Å²) in [7, 11) is 2.51. The third-order valence-electron chi connectivity index (χ3n) is 1.89. The average molecular weight is 337 g/mol. The maximum absolute atomic E-state index is 11.4. The van der Waals surface area contributed by atoms with Crippen LogP contribution in [-0.2, 0) is 19.7 Å². The first-order valence-corrected chi connectivity index (χ1v) is 6.34. The molecule has 0 N–H and O–H groups in total. The van der Waals surface area contributed by atoms with Gasteiger partial charge in [-0.05, 0) is 22.9 Å². The number of esters is 1. The van der Waals surface area contributed by atoms with Crippen LogP contribution in [0.1, 0.15) is 5.56 Å². The van der Waals surface area contributed by atoms with Gasteiger partial charge in [-0.2, -0.15) is 0 Å². The fraction of sp³-hybridized carbons (Fsp3) is 0.273. The molecule has 0 aromatic heterocycles. The number of methoxy groups -OCH3 is 1. The van der Waals surface area contributed by atoms with Crippen LogP contribution in [0.5, 0.6) is 5.75 Å². The molecule has 18 heavy (non-hydrogen) atoms. The number of rotatable bonds is 3. The predicted molar refractivity (Wildman–Crippen MR) is 71.2 cm³/mol. The fourth-order valence-corrected chi connectivity index (χ4v) is 1.59. The predicted octanol–water partition coefficient (Wildman–Crippen LogP) is 2.75. The molecule has 0 spiro atoms. The van der Waals surface area contributed by atoms with Gasteiger partial charge in [0.25, 0.3) is 0 Å². The Balaban J connectivity index is 3.00. The van der Waals surface area contributed by atoms with Crippen LogP contribution in [0.4, 0.5) is 0 Å². The van der Waals surface area contributed by atoms with Gasteiger partial charge in [-0.15, -0.1) is 0 Å². The monoisotopic (exact) mass is 335 g/mol. The maximum Gasteiger partial charge on any atom is 0.397 e. The number of oxime groups is 1. The second-order valence-corrected chi connectivity index (χ2v) is 4.04. The van der Waals surface area contributed by atoms with E-state index in [2.05, 4.69) is 30.7 Å². The first-order chi connectivity index (χ1) is 8.62. The highest BCUT2D eigenvalue weighted by Gasteiger charge is 2.17. The summed E-state index contributed by atoms with van der Waals surface area (Å²) >= 11 is 9.27. The van der Waals surface area contributed by atoms with Crippen molar-refractivity contribution >= 4 is 39.4 Å². The molecule has 0 heterocycles. The summed E-state index contributed by atoms with van der Waals surface area (Å²) in [6.45, 7) is 0. The minimum atomic E-state index is -0.753. The molecule has 1 aromatic rings. The van der Waals surface area contributed by atoms with E-state index in [9.17, 15) is 4.79 Å². The summed E-state index contributed by atoms with van der Waals surface area (Å²) in [5.41, 5.74) is 0.941. The third kappa shape index (κ3) is 3.89. The van der Waals surface area contributed by atoms with Crippen LogP contribution in [0.2, 0.25) is 5.02 Å². The number of carbonyl (C=O) groups is 1. The van der Waals surface area contributed by atoms with Gasteiger partial charge in [0.1, 0.15) is 12.9 Å². The van der Waals surface area contributed by atoms with Crippen molar-refractivity contribution in [2.24, 2.45) is 5.16 Å². The SMILES string of the molecule is CON=C(Oc1cc(CBr)ccc1Cl)C(=O)OC. The highest BCUT2D eigenvalue weighted by Crippen LogP contribution is 2.26. The zero-order chi connectivity index (χ0) is 13.5. The van der Waals surface area contributed by atoms with Crippen LogP contribution >= 0.6 is 27.5 Å². The van der Waals surface area contributed by atoms with E-state index in [1.54, 1.807) is 12.1 Å². The van der Waals surface area contributed by atoms with E-state index < -0.39 is 5.97 Å². The summed E-state index contributed by atoms with van der Waals surface area (Å²) in [5.74, 6) is -0.777. The normalized spacial score (nSPS) is 11.0. The number of nitrogens with zero attached hydrogens (tertiary/aromatic N) is 1. The Morgan fingerprint density at radius 3 is 2.72 bits per heavy atom. The van der Waals surface area contributed by atoms with Crippen molar-refractivity contribution in [3.05, 3.63) is 28.8 Å². The quantitative estimate of drug-likeness (QED) is 0.280. The Hall–Kier alpha value is -1.27. The van der Waals surface area contributed by atoms with E-state index >= 15 is 0 Å². The largest absolute Gasteiger partial charge is 0.462 e. The summed E-state index contributed by atoms with van der Waals surface area (Å²) in [6.07, 6.45) is 0. The number of alkyl halides is 1. The van der Waals surface area contributed by atoms with Crippen molar-refractivity contribution in [2.45, 2.75) is 5.33 Å². The molecule has 5 nitrogen and oxygen atoms in total. The third-order valence-corrected chi connectivity index (χ3v) is 2.85. The van der Waals surface area contributed by atoms with Crippen LogP contribution in [0.15, 0.2) is 23.4 Å². The second-order valence-electron chi connectivity index (χ2n) is 3.07. The highest BCUT2D eigenvalue weighted by atomic mass is 79.9. The molecule has 1 aromatic carbocycles. The lowest BCUT2D eigenvalue weighted by molar-refractivity contribution is -0.134. The van der Waals surface area contributed by atoms with Gasteiger partial charge in [0, 0.05) is 5.33 Å². The van der Waals surface area contributed by atoms with E-state index in [1.807, 2.05) is 6.07 Å². The van der Waals surface area contributed by atoms with E-state index in [0.29, 0.717) is 16.1 Å². The number of halogens is 2. The van der Waals surface area contributed by atoms with E-state index in [0.717, 1.165) is 5.56 Å². The van der Waals surface area contributed by atoms with Crippen molar-refractivity contribution < 1.29 is 19.1 Å². The number of ether oxygens (including phenoxy) is 2. The molecule has 98 valence electrons. The zero-order valence-electron chi connectivity index (χ0n) is 9.78. The molecular formula is C11H11BrClNO4. The van der Waals surface area contributed by atoms with Crippen molar-refractivity contribution in [3.63, 3.8) is 0 Å². The van der Waals surface area contributed by atoms with Gasteiger partial charge in [-0.3, -0.25) is 0 Å². The van der Waals surface area contributed by atoms with Crippen molar-refractivity contribution in [3.8, 4) is 5.75 Å². The number of benzene rings is 1. The van der Waals surface area contributed by atoms with Gasteiger partial charge in [-0.25, -0.2) is 4.79 Å². The molecule has 1 rings (SSSR count). The Morgan fingerprint density at radius 1 is 1.44 bits per heavy atom. The molecule has 0 aliphatic rings. The smallest absolute Gasteiger partial charge is 0.397 e. The molecule has 0 saturated heterocycles. The van der Waals surface area contributed by atoms with E-state index in [-0.39, 0.29) is 5.90 Å². The minimum Gasteiger partial charge on any atom is -0.462 e. The van der Waals surface area contributed by atoms with Gasteiger partial charge in [-0.1, -0.05) is 33.6 Å². The lowest BCUT2D eigenvalue weighted by Gasteiger charge is -2.08. The highest BCUT2D eigenvalue weighted by molar-refractivity contribution is 9.08. The summed E-state index contributed by atoms with van der Waals surface area (Å²) < 4.78 is 9.79. The van der Waals surface area contributed by atoms with Crippen LogP contribution < -0.4 is 4.74 Å². The molecular weight excluding hydrogens is 325 g/mol. The molecule has 0 amide bonds. The molecule has 0 unspecified atom stereocenters. The molecule has 0 saturated carbocycles. The summed E-state index contributed by atoms with van der Waals surface area (Å²) in [5, 5.41) is 4.42. The van der Waals surface area contributed by atoms with Crippen LogP contribution in [-0.4, -0.2) is 26.1 Å². The maximum atomic E-state index is 11.4. The number of carbonyl (C=O) groups excluding carboxylic acids is 1. The fourth-order valence-electron chi connectivity index (χ4n) is 1.08. The van der Waals surface area contributed by atoms with E-state index in [4.69, 9.17) is 16.3 Å². The average Bonchev–Trinajstić information content (AvgIpc) is 2.39. The molecule has 0 fully saturated rings. The van der Waals surface area contributed by atoms with Gasteiger partial charge in [0.2, 0.25) is 0 Å². The second kappa shape index (κ2) is 7.23. The molecule has 0 aliphatic heterocycles. The summed E-state index contributed by atoms with van der Waals surface area (Å²) in [4.78, 5) is 15.9. The van der Waals surface area contributed by atoms with Crippen LogP contribution in [0, 0.1) is 0 Å². The van der Waals surface area contributed by atoms with Crippen molar-refractivity contribution in [1.29, 1.82) is 0 Å². The topological polar surface area (TPSA) is 57.1 Å².